The maximum absolute atomic E-state index is 11.5. The Labute approximate surface area is 111 Å². The van der Waals surface area contributed by atoms with E-state index in [-0.39, 0.29) is 17.7 Å². The second-order valence-electron chi connectivity index (χ2n) is 5.10. The van der Waals surface area contributed by atoms with Gasteiger partial charge in [0.1, 0.15) is 5.76 Å². The van der Waals surface area contributed by atoms with Crippen molar-refractivity contribution < 1.29 is 14.0 Å². The zero-order valence-corrected chi connectivity index (χ0v) is 10.9. The molecular formula is C15H15NO3. The Hall–Kier alpha value is -2.10. The van der Waals surface area contributed by atoms with Crippen molar-refractivity contribution in [2.24, 2.45) is 0 Å². The van der Waals surface area contributed by atoms with Crippen LogP contribution >= 0.6 is 0 Å². The molecule has 3 rings (SSSR count). The number of nitrogens with one attached hydrogen (secondary N) is 1. The number of amides is 2. The van der Waals surface area contributed by atoms with Gasteiger partial charge in [-0.2, -0.15) is 0 Å². The molecule has 0 unspecified atom stereocenters. The third kappa shape index (κ3) is 1.84. The normalized spacial score (nSPS) is 16.9. The van der Waals surface area contributed by atoms with Crippen molar-refractivity contribution in [2.45, 2.75) is 32.6 Å². The van der Waals surface area contributed by atoms with Crippen molar-refractivity contribution in [3.05, 3.63) is 35.1 Å². The van der Waals surface area contributed by atoms with Crippen LogP contribution in [0.2, 0.25) is 0 Å². The van der Waals surface area contributed by atoms with Crippen LogP contribution in [0.1, 0.15) is 35.4 Å². The van der Waals surface area contributed by atoms with Gasteiger partial charge in [-0.1, -0.05) is 0 Å². The summed E-state index contributed by atoms with van der Waals surface area (Å²) in [6.45, 7) is 4.07. The summed E-state index contributed by atoms with van der Waals surface area (Å²) in [5, 5.41) is 2.34. The van der Waals surface area contributed by atoms with Crippen LogP contribution in [0.15, 0.2) is 22.8 Å². The lowest BCUT2D eigenvalue weighted by atomic mass is 9.88. The van der Waals surface area contributed by atoms with Crippen LogP contribution in [-0.2, 0) is 9.59 Å². The van der Waals surface area contributed by atoms with E-state index in [1.165, 1.54) is 0 Å². The Bertz CT molecular complexity index is 625. The molecule has 2 heterocycles. The van der Waals surface area contributed by atoms with Crippen molar-refractivity contribution in [3.8, 4) is 11.3 Å². The van der Waals surface area contributed by atoms with E-state index in [0.29, 0.717) is 12.8 Å². The number of fused-ring (bicyclic) bond motifs is 1. The fraction of sp³-hybridized carbons (Fsp3) is 0.333. The molecule has 1 fully saturated rings. The van der Waals surface area contributed by atoms with Crippen molar-refractivity contribution in [2.75, 3.05) is 0 Å². The van der Waals surface area contributed by atoms with E-state index >= 15 is 0 Å². The predicted molar refractivity (Wildman–Crippen MR) is 69.9 cm³/mol. The molecule has 0 aromatic rings. The first kappa shape index (κ1) is 12.0. The first-order chi connectivity index (χ1) is 9.08. The Morgan fingerprint density at radius 1 is 1.16 bits per heavy atom. The van der Waals surface area contributed by atoms with Crippen molar-refractivity contribution in [1.29, 1.82) is 0 Å². The van der Waals surface area contributed by atoms with E-state index in [4.69, 9.17) is 4.42 Å². The summed E-state index contributed by atoms with van der Waals surface area (Å²) < 4.78 is 5.63. The molecular weight excluding hydrogens is 242 g/mol. The minimum atomic E-state index is -0.205. The van der Waals surface area contributed by atoms with Crippen LogP contribution in [0.4, 0.5) is 0 Å². The average molecular weight is 257 g/mol. The number of carbonyl (C=O) groups is 2. The van der Waals surface area contributed by atoms with Gasteiger partial charge in [0.15, 0.2) is 0 Å². The van der Waals surface area contributed by atoms with Crippen LogP contribution < -0.4 is 5.32 Å². The van der Waals surface area contributed by atoms with E-state index in [1.807, 2.05) is 26.0 Å². The molecule has 1 N–H and O–H groups in total. The molecule has 0 aromatic carbocycles. The molecule has 0 atom stereocenters. The SMILES string of the molecule is Cc1c2cccoc-2c(C2CC(=O)NC(=O)C2)c1C. The zero-order chi connectivity index (χ0) is 13.6. The van der Waals surface area contributed by atoms with Gasteiger partial charge < -0.3 is 4.42 Å². The maximum atomic E-state index is 11.5. The molecule has 1 aliphatic carbocycles. The van der Waals surface area contributed by atoms with Gasteiger partial charge in [-0.3, -0.25) is 14.9 Å². The second kappa shape index (κ2) is 4.23. The van der Waals surface area contributed by atoms with Crippen LogP contribution in [0.5, 0.6) is 0 Å². The molecule has 1 saturated heterocycles. The summed E-state index contributed by atoms with van der Waals surface area (Å²) >= 11 is 0. The largest absolute Gasteiger partial charge is 0.464 e. The number of hydrogen-bond donors (Lipinski definition) is 1. The molecule has 0 aromatic heterocycles. The number of carbonyl (C=O) groups excluding carboxylic acids is 2. The molecule has 0 spiro atoms. The van der Waals surface area contributed by atoms with E-state index < -0.39 is 0 Å². The van der Waals surface area contributed by atoms with Crippen molar-refractivity contribution in [3.63, 3.8) is 0 Å². The first-order valence-corrected chi connectivity index (χ1v) is 6.37. The lowest BCUT2D eigenvalue weighted by Gasteiger charge is -2.21. The summed E-state index contributed by atoms with van der Waals surface area (Å²) in [6, 6.07) is 3.87. The van der Waals surface area contributed by atoms with Gasteiger partial charge in [0, 0.05) is 29.9 Å². The molecule has 0 radical (unpaired) electrons. The summed E-state index contributed by atoms with van der Waals surface area (Å²) in [4.78, 5) is 23.1. The first-order valence-electron chi connectivity index (χ1n) is 6.37. The van der Waals surface area contributed by atoms with E-state index in [9.17, 15) is 9.59 Å². The standard InChI is InChI=1S/C15H15NO3/c1-8-9(2)14(15-11(8)4-3-5-19-15)10-6-12(17)16-13(18)7-10/h3-5,10H,6-7H2,1-2H3,(H,16,17,18). The summed E-state index contributed by atoms with van der Waals surface area (Å²) in [7, 11) is 0. The van der Waals surface area contributed by atoms with Gasteiger partial charge in [0.25, 0.3) is 0 Å². The fourth-order valence-electron chi connectivity index (χ4n) is 2.93. The Kier molecular flexibility index (Phi) is 2.66. The lowest BCUT2D eigenvalue weighted by molar-refractivity contribution is -0.133. The summed E-state index contributed by atoms with van der Waals surface area (Å²) in [5.41, 5.74) is 4.36. The Morgan fingerprint density at radius 2 is 1.84 bits per heavy atom. The Balaban J connectivity index is 2.13. The number of rotatable bonds is 1. The monoisotopic (exact) mass is 257 g/mol. The average Bonchev–Trinajstić information content (AvgIpc) is 2.61. The second-order valence-corrected chi connectivity index (χ2v) is 5.10. The maximum Gasteiger partial charge on any atom is 0.227 e. The van der Waals surface area contributed by atoms with Crippen LogP contribution in [0, 0.1) is 13.8 Å². The molecule has 2 aliphatic heterocycles. The van der Waals surface area contributed by atoms with E-state index in [0.717, 1.165) is 28.0 Å². The molecule has 0 saturated carbocycles. The van der Waals surface area contributed by atoms with Gasteiger partial charge >= 0.3 is 0 Å². The summed E-state index contributed by atoms with van der Waals surface area (Å²) in [5.74, 6) is 0.320. The number of hydrogen-bond acceptors (Lipinski definition) is 3. The molecule has 4 heteroatoms. The van der Waals surface area contributed by atoms with Crippen LogP contribution in [0.3, 0.4) is 0 Å². The van der Waals surface area contributed by atoms with Gasteiger partial charge in [-0.15, -0.1) is 0 Å². The van der Waals surface area contributed by atoms with Gasteiger partial charge in [0.05, 0.1) is 6.26 Å². The predicted octanol–water partition coefficient (Wildman–Crippen LogP) is 2.52. The lowest BCUT2D eigenvalue weighted by Crippen LogP contribution is -2.37. The smallest absolute Gasteiger partial charge is 0.227 e. The minimum Gasteiger partial charge on any atom is -0.464 e. The topological polar surface area (TPSA) is 59.3 Å². The van der Waals surface area contributed by atoms with Gasteiger partial charge in [0.2, 0.25) is 11.8 Å². The number of imide groups is 1. The number of piperidine rings is 1. The highest BCUT2D eigenvalue weighted by Gasteiger charge is 2.32. The molecule has 2 amide bonds. The molecule has 4 nitrogen and oxygen atoms in total. The van der Waals surface area contributed by atoms with Crippen molar-refractivity contribution in [1.82, 2.24) is 5.32 Å². The van der Waals surface area contributed by atoms with E-state index in [2.05, 4.69) is 5.32 Å². The Morgan fingerprint density at radius 3 is 2.53 bits per heavy atom. The van der Waals surface area contributed by atoms with Crippen LogP contribution in [-0.4, -0.2) is 11.8 Å². The third-order valence-corrected chi connectivity index (χ3v) is 3.94. The highest BCUT2D eigenvalue weighted by Crippen LogP contribution is 2.42. The van der Waals surface area contributed by atoms with Gasteiger partial charge in [-0.05, 0) is 37.1 Å². The highest BCUT2D eigenvalue weighted by atomic mass is 16.3. The zero-order valence-electron chi connectivity index (χ0n) is 10.9. The summed E-state index contributed by atoms with van der Waals surface area (Å²) in [6.07, 6.45) is 2.32. The molecule has 0 bridgehead atoms. The quantitative estimate of drug-likeness (QED) is 0.798. The highest BCUT2D eigenvalue weighted by molar-refractivity contribution is 5.99. The fourth-order valence-corrected chi connectivity index (χ4v) is 2.93. The van der Waals surface area contributed by atoms with Gasteiger partial charge in [-0.25, -0.2) is 0 Å². The van der Waals surface area contributed by atoms with E-state index in [1.54, 1.807) is 6.26 Å². The third-order valence-electron chi connectivity index (χ3n) is 3.94. The molecule has 98 valence electrons. The minimum absolute atomic E-state index is 0.0800. The van der Waals surface area contributed by atoms with Crippen molar-refractivity contribution >= 4 is 11.8 Å². The molecule has 19 heavy (non-hydrogen) atoms. The molecule has 3 aliphatic rings. The van der Waals surface area contributed by atoms with Crippen LogP contribution in [0.25, 0.3) is 11.3 Å².